The highest BCUT2D eigenvalue weighted by Gasteiger charge is 2.06. The molecule has 1 aromatic rings. The van der Waals surface area contributed by atoms with Crippen LogP contribution in [0.25, 0.3) is 0 Å². The molecule has 4 N–H and O–H groups in total. The normalized spacial score (nSPS) is 11.6. The average molecular weight is 238 g/mol. The summed E-state index contributed by atoms with van der Waals surface area (Å²) in [4.78, 5) is 4.14. The van der Waals surface area contributed by atoms with Gasteiger partial charge >= 0.3 is 0 Å². The summed E-state index contributed by atoms with van der Waals surface area (Å²) in [5.74, 6) is 0.745. The third kappa shape index (κ3) is 4.58. The molecule has 6 nitrogen and oxygen atoms in total. The molecule has 0 aromatic carbocycles. The van der Waals surface area contributed by atoms with Crippen molar-refractivity contribution in [1.82, 2.24) is 4.98 Å². The number of nitrogens with zero attached hydrogens (tertiary/aromatic N) is 2. The van der Waals surface area contributed by atoms with Gasteiger partial charge in [-0.1, -0.05) is 5.16 Å². The number of nitrogens with one attached hydrogen (secondary N) is 1. The van der Waals surface area contributed by atoms with Crippen LogP contribution in [0.3, 0.4) is 0 Å². The second kappa shape index (κ2) is 6.57. The molecule has 1 aromatic heterocycles. The molecule has 0 saturated heterocycles. The fourth-order valence-electron chi connectivity index (χ4n) is 1.22. The van der Waals surface area contributed by atoms with E-state index in [9.17, 15) is 0 Å². The van der Waals surface area contributed by atoms with E-state index in [0.29, 0.717) is 18.8 Å². The molecule has 0 aliphatic heterocycles. The molecule has 0 spiro atoms. The number of nitrogens with two attached hydrogens (primary N) is 1. The van der Waals surface area contributed by atoms with Crippen LogP contribution >= 0.6 is 0 Å². The third-order valence-corrected chi connectivity index (χ3v) is 1.94. The van der Waals surface area contributed by atoms with E-state index in [-0.39, 0.29) is 11.9 Å². The molecule has 0 unspecified atom stereocenters. The first kappa shape index (κ1) is 13.1. The van der Waals surface area contributed by atoms with Gasteiger partial charge in [0.15, 0.2) is 0 Å². The molecule has 94 valence electrons. The molecule has 0 aliphatic carbocycles. The topological polar surface area (TPSA) is 92.8 Å². The highest BCUT2D eigenvalue weighted by molar-refractivity contribution is 5.80. The van der Waals surface area contributed by atoms with Crippen LogP contribution < -0.4 is 15.8 Å². The van der Waals surface area contributed by atoms with E-state index in [0.717, 1.165) is 5.69 Å². The Morgan fingerprint density at radius 3 is 3.06 bits per heavy atom. The van der Waals surface area contributed by atoms with Crippen molar-refractivity contribution in [3.63, 3.8) is 0 Å². The number of anilines is 1. The highest BCUT2D eigenvalue weighted by Crippen LogP contribution is 2.21. The van der Waals surface area contributed by atoms with Crippen LogP contribution in [0.4, 0.5) is 5.69 Å². The first-order chi connectivity index (χ1) is 8.13. The van der Waals surface area contributed by atoms with Gasteiger partial charge in [-0.2, -0.15) is 0 Å². The molecule has 1 heterocycles. The lowest BCUT2D eigenvalue weighted by molar-refractivity contribution is 0.234. The van der Waals surface area contributed by atoms with Crippen molar-refractivity contribution in [2.24, 2.45) is 10.9 Å². The lowest BCUT2D eigenvalue weighted by Crippen LogP contribution is -2.17. The Hall–Kier alpha value is -1.98. The first-order valence-corrected chi connectivity index (χ1v) is 5.45. The molecule has 0 saturated carbocycles. The minimum atomic E-state index is 0.0644. The summed E-state index contributed by atoms with van der Waals surface area (Å²) in [5.41, 5.74) is 6.17. The van der Waals surface area contributed by atoms with Crippen molar-refractivity contribution >= 4 is 11.5 Å². The maximum absolute atomic E-state index is 8.40. The molecule has 17 heavy (non-hydrogen) atoms. The number of amidine groups is 1. The van der Waals surface area contributed by atoms with Gasteiger partial charge in [0.1, 0.15) is 5.84 Å². The number of aromatic nitrogens is 1. The van der Waals surface area contributed by atoms with Gasteiger partial charge in [-0.15, -0.1) is 0 Å². The van der Waals surface area contributed by atoms with Crippen LogP contribution in [0, 0.1) is 0 Å². The zero-order chi connectivity index (χ0) is 12.7. The number of oxime groups is 1. The predicted molar refractivity (Wildman–Crippen MR) is 66.5 cm³/mol. The van der Waals surface area contributed by atoms with Crippen LogP contribution in [0.15, 0.2) is 23.5 Å². The van der Waals surface area contributed by atoms with E-state index in [1.54, 1.807) is 6.20 Å². The van der Waals surface area contributed by atoms with Gasteiger partial charge < -0.3 is 21.0 Å². The van der Waals surface area contributed by atoms with E-state index in [1.165, 1.54) is 0 Å². The van der Waals surface area contributed by atoms with Gasteiger partial charge in [0.2, 0.25) is 5.88 Å². The van der Waals surface area contributed by atoms with Crippen molar-refractivity contribution in [2.75, 3.05) is 11.9 Å². The van der Waals surface area contributed by atoms with Crippen LogP contribution in [-0.4, -0.2) is 28.7 Å². The Morgan fingerprint density at radius 2 is 2.41 bits per heavy atom. The fourth-order valence-corrected chi connectivity index (χ4v) is 1.22. The van der Waals surface area contributed by atoms with Crippen molar-refractivity contribution in [1.29, 1.82) is 0 Å². The smallest absolute Gasteiger partial charge is 0.237 e. The maximum atomic E-state index is 8.40. The van der Waals surface area contributed by atoms with Gasteiger partial charge in [0, 0.05) is 19.2 Å². The molecule has 0 aliphatic rings. The fraction of sp³-hybridized carbons (Fsp3) is 0.455. The van der Waals surface area contributed by atoms with E-state index >= 15 is 0 Å². The van der Waals surface area contributed by atoms with Crippen molar-refractivity contribution in [2.45, 2.75) is 26.4 Å². The zero-order valence-electron chi connectivity index (χ0n) is 10.1. The van der Waals surface area contributed by atoms with E-state index < -0.39 is 0 Å². The molecule has 1 rings (SSSR count). The van der Waals surface area contributed by atoms with Gasteiger partial charge in [-0.25, -0.2) is 4.98 Å². The van der Waals surface area contributed by atoms with Crippen LogP contribution in [-0.2, 0) is 0 Å². The second-order valence-corrected chi connectivity index (χ2v) is 3.79. The highest BCUT2D eigenvalue weighted by atomic mass is 16.5. The molecule has 0 radical (unpaired) electrons. The monoisotopic (exact) mass is 238 g/mol. The molecule has 0 bridgehead atoms. The Balaban J connectivity index is 2.57. The summed E-state index contributed by atoms with van der Waals surface area (Å²) in [7, 11) is 0. The SMILES string of the molecule is CC(C)Oc1ncccc1NCCC(N)=NO. The number of hydrogen-bond acceptors (Lipinski definition) is 5. The maximum Gasteiger partial charge on any atom is 0.237 e. The van der Waals surface area contributed by atoms with E-state index in [2.05, 4.69) is 15.5 Å². The number of pyridine rings is 1. The standard InChI is InChI=1S/C11H18N4O2/c1-8(2)17-11-9(4-3-6-14-11)13-7-5-10(12)15-16/h3-4,6,8,13,16H,5,7H2,1-2H3,(H2,12,15). The zero-order valence-corrected chi connectivity index (χ0v) is 10.1. The molecule has 0 fully saturated rings. The largest absolute Gasteiger partial charge is 0.473 e. The summed E-state index contributed by atoms with van der Waals surface area (Å²) in [6, 6.07) is 3.69. The average Bonchev–Trinajstić information content (AvgIpc) is 2.30. The van der Waals surface area contributed by atoms with Crippen LogP contribution in [0.1, 0.15) is 20.3 Å². The van der Waals surface area contributed by atoms with Gasteiger partial charge in [-0.3, -0.25) is 0 Å². The predicted octanol–water partition coefficient (Wildman–Crippen LogP) is 1.42. The third-order valence-electron chi connectivity index (χ3n) is 1.94. The van der Waals surface area contributed by atoms with Gasteiger partial charge in [0.05, 0.1) is 11.8 Å². The summed E-state index contributed by atoms with van der Waals surface area (Å²) >= 11 is 0. The number of hydrogen-bond donors (Lipinski definition) is 3. The Bertz CT molecular complexity index is 379. The molecular formula is C11H18N4O2. The molecule has 6 heteroatoms. The lowest BCUT2D eigenvalue weighted by atomic mass is 10.3. The van der Waals surface area contributed by atoms with Crippen LogP contribution in [0.2, 0.25) is 0 Å². The second-order valence-electron chi connectivity index (χ2n) is 3.79. The Morgan fingerprint density at radius 1 is 1.65 bits per heavy atom. The van der Waals surface area contributed by atoms with E-state index in [1.807, 2.05) is 26.0 Å². The van der Waals surface area contributed by atoms with Gasteiger partial charge in [0.25, 0.3) is 0 Å². The van der Waals surface area contributed by atoms with Gasteiger partial charge in [-0.05, 0) is 26.0 Å². The summed E-state index contributed by atoms with van der Waals surface area (Å²) in [5, 5.41) is 14.4. The molecular weight excluding hydrogens is 220 g/mol. The summed E-state index contributed by atoms with van der Waals surface area (Å²) in [6.45, 7) is 4.43. The quantitative estimate of drug-likeness (QED) is 0.301. The summed E-state index contributed by atoms with van der Waals surface area (Å²) in [6.07, 6.45) is 2.19. The molecule has 0 amide bonds. The van der Waals surface area contributed by atoms with Crippen molar-refractivity contribution < 1.29 is 9.94 Å². The van der Waals surface area contributed by atoms with Crippen molar-refractivity contribution in [3.8, 4) is 5.88 Å². The Kier molecular flexibility index (Phi) is 5.06. The minimum absolute atomic E-state index is 0.0644. The van der Waals surface area contributed by atoms with Crippen molar-refractivity contribution in [3.05, 3.63) is 18.3 Å². The van der Waals surface area contributed by atoms with Crippen LogP contribution in [0.5, 0.6) is 5.88 Å². The minimum Gasteiger partial charge on any atom is -0.473 e. The number of ether oxygens (including phenoxy) is 1. The first-order valence-electron chi connectivity index (χ1n) is 5.45. The number of rotatable bonds is 6. The van der Waals surface area contributed by atoms with E-state index in [4.69, 9.17) is 15.7 Å². The summed E-state index contributed by atoms with van der Waals surface area (Å²) < 4.78 is 5.54. The lowest BCUT2D eigenvalue weighted by Gasteiger charge is -2.13. The Labute approximate surface area is 100 Å². The molecule has 0 atom stereocenters.